The maximum absolute atomic E-state index is 5.26. The van der Waals surface area contributed by atoms with Gasteiger partial charge in [-0.05, 0) is 25.2 Å². The fourth-order valence-electron chi connectivity index (χ4n) is 2.57. The number of rotatable bonds is 4. The predicted molar refractivity (Wildman–Crippen MR) is 58.3 cm³/mol. The van der Waals surface area contributed by atoms with Gasteiger partial charge in [0.25, 0.3) is 0 Å². The van der Waals surface area contributed by atoms with E-state index in [9.17, 15) is 0 Å². The number of hydrogen-bond donors (Lipinski definition) is 1. The molecule has 1 saturated carbocycles. The van der Waals surface area contributed by atoms with Crippen molar-refractivity contribution < 1.29 is 4.74 Å². The van der Waals surface area contributed by atoms with Crippen LogP contribution in [0.5, 0.6) is 0 Å². The van der Waals surface area contributed by atoms with Gasteiger partial charge in [-0.1, -0.05) is 20.3 Å². The van der Waals surface area contributed by atoms with Crippen molar-refractivity contribution in [1.29, 1.82) is 0 Å². The van der Waals surface area contributed by atoms with E-state index >= 15 is 0 Å². The Kier molecular flexibility index (Phi) is 3.13. The molecule has 14 heavy (non-hydrogen) atoms. The molecule has 1 aliphatic carbocycles. The first-order valence-corrected chi connectivity index (χ1v) is 6.03. The van der Waals surface area contributed by atoms with Gasteiger partial charge in [-0.25, -0.2) is 0 Å². The van der Waals surface area contributed by atoms with Gasteiger partial charge >= 0.3 is 0 Å². The van der Waals surface area contributed by atoms with Crippen LogP contribution in [0.25, 0.3) is 0 Å². The lowest BCUT2D eigenvalue weighted by Crippen LogP contribution is -2.49. The van der Waals surface area contributed by atoms with Crippen LogP contribution in [-0.4, -0.2) is 25.8 Å². The Balaban J connectivity index is 1.66. The minimum absolute atomic E-state index is 0.435. The molecule has 2 rings (SSSR count). The van der Waals surface area contributed by atoms with Crippen molar-refractivity contribution >= 4 is 0 Å². The van der Waals surface area contributed by atoms with Gasteiger partial charge in [0, 0.05) is 18.0 Å². The summed E-state index contributed by atoms with van der Waals surface area (Å²) in [7, 11) is 0. The lowest BCUT2D eigenvalue weighted by molar-refractivity contribution is -0.0999. The van der Waals surface area contributed by atoms with Gasteiger partial charge in [-0.15, -0.1) is 0 Å². The molecule has 0 aromatic heterocycles. The highest BCUT2D eigenvalue weighted by Crippen LogP contribution is 2.30. The van der Waals surface area contributed by atoms with Gasteiger partial charge in [0.2, 0.25) is 0 Å². The summed E-state index contributed by atoms with van der Waals surface area (Å²) in [5.41, 5.74) is 0.435. The molecule has 0 aromatic carbocycles. The van der Waals surface area contributed by atoms with Crippen LogP contribution in [0.15, 0.2) is 0 Å². The average molecular weight is 197 g/mol. The molecular formula is C12H23NO. The van der Waals surface area contributed by atoms with E-state index in [1.807, 2.05) is 0 Å². The predicted octanol–water partition coefficient (Wildman–Crippen LogP) is 2.19. The molecule has 2 nitrogen and oxygen atoms in total. The van der Waals surface area contributed by atoms with Gasteiger partial charge < -0.3 is 10.1 Å². The Hall–Kier alpha value is -0.0800. The molecular weight excluding hydrogens is 174 g/mol. The molecule has 82 valence electrons. The van der Waals surface area contributed by atoms with Crippen LogP contribution in [-0.2, 0) is 4.74 Å². The van der Waals surface area contributed by atoms with E-state index in [-0.39, 0.29) is 0 Å². The van der Waals surface area contributed by atoms with E-state index in [2.05, 4.69) is 19.2 Å². The Morgan fingerprint density at radius 3 is 2.64 bits per heavy atom. The normalized spacial score (nSPS) is 35.6. The summed E-state index contributed by atoms with van der Waals surface area (Å²) in [6.45, 7) is 7.67. The van der Waals surface area contributed by atoms with Gasteiger partial charge in [-0.3, -0.25) is 0 Å². The maximum atomic E-state index is 5.26. The zero-order chi connectivity index (χ0) is 10.0. The summed E-state index contributed by atoms with van der Waals surface area (Å²) in [4.78, 5) is 0. The maximum Gasteiger partial charge on any atom is 0.0554 e. The standard InChI is InChI=1S/C12H23NO/c1-3-10-4-5-11(6-10)13-7-12(2)8-14-9-12/h10-11,13H,3-9H2,1-2H3. The molecule has 0 aromatic rings. The summed E-state index contributed by atoms with van der Waals surface area (Å²) in [5, 5.41) is 3.71. The van der Waals surface area contributed by atoms with Crippen molar-refractivity contribution in [1.82, 2.24) is 5.32 Å². The Bertz CT molecular complexity index is 189. The van der Waals surface area contributed by atoms with Gasteiger partial charge in [0.05, 0.1) is 13.2 Å². The van der Waals surface area contributed by atoms with Crippen LogP contribution >= 0.6 is 0 Å². The van der Waals surface area contributed by atoms with E-state index in [0.717, 1.165) is 31.7 Å². The third-order valence-corrected chi connectivity index (χ3v) is 3.84. The van der Waals surface area contributed by atoms with Crippen molar-refractivity contribution in [2.45, 2.75) is 45.6 Å². The summed E-state index contributed by atoms with van der Waals surface area (Å²) < 4.78 is 5.26. The van der Waals surface area contributed by atoms with Gasteiger partial charge in [0.1, 0.15) is 0 Å². The zero-order valence-electron chi connectivity index (χ0n) is 9.51. The van der Waals surface area contributed by atoms with Crippen LogP contribution in [0, 0.1) is 11.3 Å². The molecule has 0 amide bonds. The van der Waals surface area contributed by atoms with E-state index in [1.165, 1.54) is 25.7 Å². The van der Waals surface area contributed by atoms with Crippen molar-refractivity contribution in [3.8, 4) is 0 Å². The molecule has 2 atom stereocenters. The smallest absolute Gasteiger partial charge is 0.0554 e. The minimum Gasteiger partial charge on any atom is -0.380 e. The lowest BCUT2D eigenvalue weighted by Gasteiger charge is -2.39. The summed E-state index contributed by atoms with van der Waals surface area (Å²) in [5.74, 6) is 0.984. The highest BCUT2D eigenvalue weighted by atomic mass is 16.5. The molecule has 1 saturated heterocycles. The third-order valence-electron chi connectivity index (χ3n) is 3.84. The largest absolute Gasteiger partial charge is 0.380 e. The number of ether oxygens (including phenoxy) is 1. The van der Waals surface area contributed by atoms with Crippen molar-refractivity contribution in [2.24, 2.45) is 11.3 Å². The monoisotopic (exact) mass is 197 g/mol. The lowest BCUT2D eigenvalue weighted by atomic mass is 9.88. The molecule has 1 heterocycles. The van der Waals surface area contributed by atoms with E-state index in [0.29, 0.717) is 5.41 Å². The highest BCUT2D eigenvalue weighted by molar-refractivity contribution is 4.87. The fraction of sp³-hybridized carbons (Fsp3) is 1.00. The second-order valence-corrected chi connectivity index (χ2v) is 5.47. The molecule has 1 N–H and O–H groups in total. The quantitative estimate of drug-likeness (QED) is 0.746. The highest BCUT2D eigenvalue weighted by Gasteiger charge is 2.34. The molecule has 2 fully saturated rings. The van der Waals surface area contributed by atoms with E-state index in [4.69, 9.17) is 4.74 Å². The van der Waals surface area contributed by atoms with Crippen molar-refractivity contribution in [3.05, 3.63) is 0 Å². The van der Waals surface area contributed by atoms with Crippen LogP contribution in [0.4, 0.5) is 0 Å². The molecule has 0 radical (unpaired) electrons. The second-order valence-electron chi connectivity index (χ2n) is 5.47. The van der Waals surface area contributed by atoms with Crippen molar-refractivity contribution in [2.75, 3.05) is 19.8 Å². The fourth-order valence-corrected chi connectivity index (χ4v) is 2.57. The Morgan fingerprint density at radius 1 is 1.36 bits per heavy atom. The van der Waals surface area contributed by atoms with Crippen LogP contribution in [0.3, 0.4) is 0 Å². The summed E-state index contributed by atoms with van der Waals surface area (Å²) in [6, 6.07) is 0.789. The SMILES string of the molecule is CCC1CCC(NCC2(C)COC2)C1. The summed E-state index contributed by atoms with van der Waals surface area (Å²) >= 11 is 0. The molecule has 2 unspecified atom stereocenters. The van der Waals surface area contributed by atoms with Gasteiger partial charge in [-0.2, -0.15) is 0 Å². The topological polar surface area (TPSA) is 21.3 Å². The van der Waals surface area contributed by atoms with Crippen LogP contribution < -0.4 is 5.32 Å². The molecule has 2 aliphatic rings. The molecule has 0 spiro atoms. The number of nitrogens with one attached hydrogen (secondary N) is 1. The average Bonchev–Trinajstić information content (AvgIpc) is 2.59. The first-order valence-electron chi connectivity index (χ1n) is 6.03. The van der Waals surface area contributed by atoms with E-state index < -0.39 is 0 Å². The first-order chi connectivity index (χ1) is 6.72. The van der Waals surface area contributed by atoms with Crippen LogP contribution in [0.2, 0.25) is 0 Å². The second kappa shape index (κ2) is 4.19. The first kappa shape index (κ1) is 10.4. The Morgan fingerprint density at radius 2 is 2.14 bits per heavy atom. The van der Waals surface area contributed by atoms with Gasteiger partial charge in [0.15, 0.2) is 0 Å². The van der Waals surface area contributed by atoms with E-state index in [1.54, 1.807) is 0 Å². The molecule has 1 aliphatic heterocycles. The minimum atomic E-state index is 0.435. The molecule has 2 heteroatoms. The third kappa shape index (κ3) is 2.29. The zero-order valence-corrected chi connectivity index (χ0v) is 9.51. The number of hydrogen-bond acceptors (Lipinski definition) is 2. The van der Waals surface area contributed by atoms with Crippen LogP contribution in [0.1, 0.15) is 39.5 Å². The Labute approximate surface area is 87.4 Å². The van der Waals surface area contributed by atoms with Crippen molar-refractivity contribution in [3.63, 3.8) is 0 Å². The summed E-state index contributed by atoms with van der Waals surface area (Å²) in [6.07, 6.45) is 5.57. The molecule has 0 bridgehead atoms.